The number of piperazine rings is 1. The van der Waals surface area contributed by atoms with Crippen molar-refractivity contribution >= 4 is 17.3 Å². The van der Waals surface area contributed by atoms with Crippen LogP contribution < -0.4 is 15.0 Å². The summed E-state index contributed by atoms with van der Waals surface area (Å²) in [5.41, 5.74) is 1.30. The molecular formula is C21H26N4O4. The lowest BCUT2D eigenvalue weighted by atomic mass is 10.1. The fourth-order valence-corrected chi connectivity index (χ4v) is 3.46. The summed E-state index contributed by atoms with van der Waals surface area (Å²) in [4.78, 5) is 27.6. The molecule has 0 aromatic heterocycles. The highest BCUT2D eigenvalue weighted by molar-refractivity contribution is 5.97. The monoisotopic (exact) mass is 398 g/mol. The van der Waals surface area contributed by atoms with Gasteiger partial charge in [-0.1, -0.05) is 18.2 Å². The van der Waals surface area contributed by atoms with Gasteiger partial charge >= 0.3 is 0 Å². The van der Waals surface area contributed by atoms with Gasteiger partial charge in [0.25, 0.3) is 11.6 Å². The van der Waals surface area contributed by atoms with Crippen LogP contribution in [0.25, 0.3) is 0 Å². The lowest BCUT2D eigenvalue weighted by Crippen LogP contribution is -2.47. The van der Waals surface area contributed by atoms with Gasteiger partial charge in [-0.15, -0.1) is 0 Å². The van der Waals surface area contributed by atoms with Crippen molar-refractivity contribution in [2.24, 2.45) is 0 Å². The van der Waals surface area contributed by atoms with E-state index in [1.54, 1.807) is 0 Å². The molecular weight excluding hydrogens is 372 g/mol. The number of nitrogens with one attached hydrogen (secondary N) is 1. The maximum absolute atomic E-state index is 12.4. The number of hydrogen-bond donors (Lipinski definition) is 1. The molecule has 0 bridgehead atoms. The summed E-state index contributed by atoms with van der Waals surface area (Å²) < 4.78 is 5.15. The Balaban J connectivity index is 1.42. The summed E-state index contributed by atoms with van der Waals surface area (Å²) in [7, 11) is 1.44. The van der Waals surface area contributed by atoms with Gasteiger partial charge in [0.15, 0.2) is 0 Å². The van der Waals surface area contributed by atoms with Crippen LogP contribution >= 0.6 is 0 Å². The number of anilines is 1. The molecule has 1 heterocycles. The van der Waals surface area contributed by atoms with E-state index in [2.05, 4.69) is 39.4 Å². The predicted molar refractivity (Wildman–Crippen MR) is 112 cm³/mol. The third-order valence-electron chi connectivity index (χ3n) is 5.07. The van der Waals surface area contributed by atoms with E-state index in [-0.39, 0.29) is 17.2 Å². The third kappa shape index (κ3) is 5.45. The number of nitrogens with zero attached hydrogens (tertiary/aromatic N) is 3. The maximum atomic E-state index is 12.4. The predicted octanol–water partition coefficient (Wildman–Crippen LogP) is 2.55. The zero-order valence-corrected chi connectivity index (χ0v) is 16.5. The number of methoxy groups -OCH3 is 1. The molecule has 0 unspecified atom stereocenters. The summed E-state index contributed by atoms with van der Waals surface area (Å²) in [6.07, 6.45) is 0.814. The quantitative estimate of drug-likeness (QED) is 0.418. The Kier molecular flexibility index (Phi) is 7.02. The second-order valence-corrected chi connectivity index (χ2v) is 6.92. The number of amides is 1. The van der Waals surface area contributed by atoms with Gasteiger partial charge in [-0.2, -0.15) is 0 Å². The molecule has 29 heavy (non-hydrogen) atoms. The molecule has 1 fully saturated rings. The van der Waals surface area contributed by atoms with Crippen molar-refractivity contribution in [1.29, 1.82) is 0 Å². The number of para-hydroxylation sites is 1. The van der Waals surface area contributed by atoms with E-state index in [1.165, 1.54) is 31.0 Å². The smallest absolute Gasteiger partial charge is 0.270 e. The average Bonchev–Trinajstić information content (AvgIpc) is 2.77. The molecule has 1 amide bonds. The first-order chi connectivity index (χ1) is 14.1. The number of benzene rings is 2. The number of nitro groups is 1. The Labute approximate surface area is 170 Å². The van der Waals surface area contributed by atoms with Gasteiger partial charge < -0.3 is 15.0 Å². The van der Waals surface area contributed by atoms with Gasteiger partial charge in [-0.25, -0.2) is 0 Å². The summed E-state index contributed by atoms with van der Waals surface area (Å²) in [6, 6.07) is 14.4. The molecule has 2 aromatic rings. The van der Waals surface area contributed by atoms with Crippen LogP contribution in [-0.2, 0) is 0 Å². The summed E-state index contributed by atoms with van der Waals surface area (Å²) in [5, 5.41) is 13.8. The number of ether oxygens (including phenoxy) is 1. The number of nitro benzene ring substituents is 1. The first-order valence-corrected chi connectivity index (χ1v) is 9.71. The fourth-order valence-electron chi connectivity index (χ4n) is 3.46. The summed E-state index contributed by atoms with van der Waals surface area (Å²) >= 11 is 0. The lowest BCUT2D eigenvalue weighted by Gasteiger charge is -2.36. The number of carbonyl (C=O) groups is 1. The zero-order valence-electron chi connectivity index (χ0n) is 16.5. The van der Waals surface area contributed by atoms with E-state index >= 15 is 0 Å². The molecule has 0 spiro atoms. The van der Waals surface area contributed by atoms with E-state index < -0.39 is 4.92 Å². The molecule has 0 radical (unpaired) electrons. The largest absolute Gasteiger partial charge is 0.496 e. The molecule has 0 atom stereocenters. The van der Waals surface area contributed by atoms with Crippen molar-refractivity contribution in [3.63, 3.8) is 0 Å². The minimum absolute atomic E-state index is 0.132. The van der Waals surface area contributed by atoms with Gasteiger partial charge in [0.2, 0.25) is 0 Å². The Morgan fingerprint density at radius 1 is 1.14 bits per heavy atom. The van der Waals surface area contributed by atoms with E-state index in [0.717, 1.165) is 39.1 Å². The van der Waals surface area contributed by atoms with E-state index in [4.69, 9.17) is 4.74 Å². The lowest BCUT2D eigenvalue weighted by molar-refractivity contribution is -0.384. The third-order valence-corrected chi connectivity index (χ3v) is 5.07. The molecule has 0 saturated carbocycles. The van der Waals surface area contributed by atoms with Crippen LogP contribution in [0.2, 0.25) is 0 Å². The Hall–Kier alpha value is -3.13. The molecule has 8 nitrogen and oxygen atoms in total. The molecule has 1 aliphatic rings. The molecule has 8 heteroatoms. The number of hydrogen-bond acceptors (Lipinski definition) is 6. The highest BCUT2D eigenvalue weighted by Crippen LogP contribution is 2.23. The standard InChI is InChI=1S/C21H26N4O4/c1-29-20-9-8-18(25(27)28)16-19(20)21(26)22-10-5-11-23-12-14-24(15-13-23)17-6-3-2-4-7-17/h2-4,6-9,16H,5,10-15H2,1H3,(H,22,26). The minimum atomic E-state index is -0.523. The van der Waals surface area contributed by atoms with Gasteiger partial charge in [-0.3, -0.25) is 19.8 Å². The van der Waals surface area contributed by atoms with Crippen LogP contribution in [-0.4, -0.2) is 62.1 Å². The molecule has 154 valence electrons. The number of non-ortho nitro benzene ring substituents is 1. The van der Waals surface area contributed by atoms with Crippen LogP contribution in [0, 0.1) is 10.1 Å². The highest BCUT2D eigenvalue weighted by atomic mass is 16.6. The van der Waals surface area contributed by atoms with Crippen LogP contribution in [0.1, 0.15) is 16.8 Å². The summed E-state index contributed by atoms with van der Waals surface area (Å²) in [5.74, 6) is -0.0374. The second kappa shape index (κ2) is 9.88. The summed E-state index contributed by atoms with van der Waals surface area (Å²) in [6.45, 7) is 5.35. The SMILES string of the molecule is COc1ccc([N+](=O)[O-])cc1C(=O)NCCCN1CCN(c2ccccc2)CC1. The Bertz CT molecular complexity index is 836. The number of rotatable bonds is 8. The average molecular weight is 398 g/mol. The van der Waals surface area contributed by atoms with Crippen LogP contribution in [0.3, 0.4) is 0 Å². The Morgan fingerprint density at radius 2 is 1.86 bits per heavy atom. The number of carbonyl (C=O) groups excluding carboxylic acids is 1. The molecule has 2 aromatic carbocycles. The van der Waals surface area contributed by atoms with Crippen molar-refractivity contribution in [2.75, 3.05) is 51.3 Å². The van der Waals surface area contributed by atoms with Crippen LogP contribution in [0.15, 0.2) is 48.5 Å². The van der Waals surface area contributed by atoms with E-state index in [1.807, 2.05) is 6.07 Å². The van der Waals surface area contributed by atoms with Crippen molar-refractivity contribution in [2.45, 2.75) is 6.42 Å². The molecule has 0 aliphatic carbocycles. The van der Waals surface area contributed by atoms with Crippen molar-refractivity contribution in [1.82, 2.24) is 10.2 Å². The van der Waals surface area contributed by atoms with Crippen molar-refractivity contribution < 1.29 is 14.5 Å². The molecule has 1 aliphatic heterocycles. The second-order valence-electron chi connectivity index (χ2n) is 6.92. The maximum Gasteiger partial charge on any atom is 0.270 e. The Morgan fingerprint density at radius 3 is 2.52 bits per heavy atom. The van der Waals surface area contributed by atoms with Gasteiger partial charge in [0.05, 0.1) is 17.6 Å². The van der Waals surface area contributed by atoms with Gasteiger partial charge in [0, 0.05) is 50.5 Å². The topological polar surface area (TPSA) is 87.9 Å². The molecule has 3 rings (SSSR count). The highest BCUT2D eigenvalue weighted by Gasteiger charge is 2.18. The normalized spacial score (nSPS) is 14.4. The fraction of sp³-hybridized carbons (Fsp3) is 0.381. The van der Waals surface area contributed by atoms with Gasteiger partial charge in [-0.05, 0) is 31.2 Å². The van der Waals surface area contributed by atoms with E-state index in [9.17, 15) is 14.9 Å². The van der Waals surface area contributed by atoms with Crippen LogP contribution in [0.5, 0.6) is 5.75 Å². The van der Waals surface area contributed by atoms with Crippen molar-refractivity contribution in [3.05, 3.63) is 64.2 Å². The van der Waals surface area contributed by atoms with Crippen molar-refractivity contribution in [3.8, 4) is 5.75 Å². The van der Waals surface area contributed by atoms with Crippen LogP contribution in [0.4, 0.5) is 11.4 Å². The first-order valence-electron chi connectivity index (χ1n) is 9.71. The molecule has 1 saturated heterocycles. The first kappa shape index (κ1) is 20.6. The minimum Gasteiger partial charge on any atom is -0.496 e. The molecule has 1 N–H and O–H groups in total. The van der Waals surface area contributed by atoms with Gasteiger partial charge in [0.1, 0.15) is 5.75 Å². The zero-order chi connectivity index (χ0) is 20.6. The van der Waals surface area contributed by atoms with E-state index in [0.29, 0.717) is 12.3 Å².